The van der Waals surface area contributed by atoms with Crippen molar-refractivity contribution < 1.29 is 22.6 Å². The Kier molecular flexibility index (Phi) is 4.85. The van der Waals surface area contributed by atoms with Gasteiger partial charge in [-0.05, 0) is 17.7 Å². The quantitative estimate of drug-likeness (QED) is 0.917. The van der Waals surface area contributed by atoms with E-state index in [1.165, 1.54) is 12.1 Å². The highest BCUT2D eigenvalue weighted by Gasteiger charge is 2.31. The van der Waals surface area contributed by atoms with Gasteiger partial charge in [-0.2, -0.15) is 0 Å². The van der Waals surface area contributed by atoms with E-state index in [9.17, 15) is 13.2 Å². The van der Waals surface area contributed by atoms with E-state index in [0.717, 1.165) is 12.1 Å². The summed E-state index contributed by atoms with van der Waals surface area (Å²) in [6, 6.07) is 6.02. The van der Waals surface area contributed by atoms with Crippen LogP contribution in [0.3, 0.4) is 0 Å². The number of benzene rings is 1. The molecule has 0 amide bonds. The van der Waals surface area contributed by atoms with Crippen LogP contribution in [0.15, 0.2) is 24.3 Å². The number of alkyl halides is 3. The average Bonchev–Trinajstić information content (AvgIpc) is 2.37. The van der Waals surface area contributed by atoms with E-state index in [1.54, 1.807) is 12.1 Å². The van der Waals surface area contributed by atoms with Gasteiger partial charge in [0.15, 0.2) is 0 Å². The van der Waals surface area contributed by atoms with Crippen LogP contribution in [0, 0.1) is 0 Å². The van der Waals surface area contributed by atoms with Crippen LogP contribution >= 0.6 is 0 Å². The third-order valence-corrected chi connectivity index (χ3v) is 3.02. The Morgan fingerprint density at radius 1 is 1.40 bits per heavy atom. The monoisotopic (exact) mass is 290 g/mol. The Bertz CT molecular complexity index is 440. The van der Waals surface area contributed by atoms with Gasteiger partial charge in [0.05, 0.1) is 12.7 Å². The fourth-order valence-electron chi connectivity index (χ4n) is 2.17. The van der Waals surface area contributed by atoms with Gasteiger partial charge >= 0.3 is 6.36 Å². The SMILES string of the molecule is NCC1CN(Cc2cccc(OC(F)(F)F)c2)CCO1. The highest BCUT2D eigenvalue weighted by atomic mass is 19.4. The first-order valence-electron chi connectivity index (χ1n) is 6.35. The summed E-state index contributed by atoms with van der Waals surface area (Å²) in [5.41, 5.74) is 6.32. The van der Waals surface area contributed by atoms with Gasteiger partial charge in [0.1, 0.15) is 5.75 Å². The molecule has 1 atom stereocenters. The Morgan fingerprint density at radius 3 is 2.90 bits per heavy atom. The molecule has 1 aliphatic rings. The second kappa shape index (κ2) is 6.43. The van der Waals surface area contributed by atoms with E-state index in [-0.39, 0.29) is 11.9 Å². The van der Waals surface area contributed by atoms with Crippen LogP contribution in [0.1, 0.15) is 5.56 Å². The van der Waals surface area contributed by atoms with Crippen LogP contribution in [-0.4, -0.2) is 43.6 Å². The number of morpholine rings is 1. The molecule has 0 bridgehead atoms. The number of ether oxygens (including phenoxy) is 2. The predicted octanol–water partition coefficient (Wildman–Crippen LogP) is 1.74. The van der Waals surface area contributed by atoms with Crippen molar-refractivity contribution in [3.05, 3.63) is 29.8 Å². The second-order valence-corrected chi connectivity index (χ2v) is 4.66. The lowest BCUT2D eigenvalue weighted by atomic mass is 10.2. The average molecular weight is 290 g/mol. The van der Waals surface area contributed by atoms with Crippen molar-refractivity contribution in [2.75, 3.05) is 26.2 Å². The van der Waals surface area contributed by atoms with E-state index in [2.05, 4.69) is 9.64 Å². The molecule has 0 saturated carbocycles. The Balaban J connectivity index is 1.97. The molecule has 2 rings (SSSR count). The minimum atomic E-state index is -4.66. The van der Waals surface area contributed by atoms with Gasteiger partial charge in [-0.25, -0.2) is 0 Å². The highest BCUT2D eigenvalue weighted by molar-refractivity contribution is 5.28. The summed E-state index contributed by atoms with van der Waals surface area (Å²) in [5, 5.41) is 0. The highest BCUT2D eigenvalue weighted by Crippen LogP contribution is 2.24. The summed E-state index contributed by atoms with van der Waals surface area (Å²) >= 11 is 0. The molecule has 1 heterocycles. The smallest absolute Gasteiger partial charge is 0.406 e. The largest absolute Gasteiger partial charge is 0.573 e. The van der Waals surface area contributed by atoms with Gasteiger partial charge in [0, 0.05) is 26.2 Å². The van der Waals surface area contributed by atoms with E-state index in [1.807, 2.05) is 0 Å². The number of hydrogen-bond acceptors (Lipinski definition) is 4. The lowest BCUT2D eigenvalue weighted by Crippen LogP contribution is -2.45. The first kappa shape index (κ1) is 15.1. The van der Waals surface area contributed by atoms with Gasteiger partial charge < -0.3 is 15.2 Å². The summed E-state index contributed by atoms with van der Waals surface area (Å²) in [5.74, 6) is -0.196. The molecule has 1 saturated heterocycles. The second-order valence-electron chi connectivity index (χ2n) is 4.66. The fourth-order valence-corrected chi connectivity index (χ4v) is 2.17. The minimum Gasteiger partial charge on any atom is -0.406 e. The van der Waals surface area contributed by atoms with Gasteiger partial charge in [0.2, 0.25) is 0 Å². The van der Waals surface area contributed by atoms with E-state index in [4.69, 9.17) is 10.5 Å². The molecule has 112 valence electrons. The molecule has 4 nitrogen and oxygen atoms in total. The molecule has 1 aliphatic heterocycles. The summed E-state index contributed by atoms with van der Waals surface area (Å²) in [7, 11) is 0. The fraction of sp³-hybridized carbons (Fsp3) is 0.538. The molecule has 20 heavy (non-hydrogen) atoms. The van der Waals surface area contributed by atoms with Crippen LogP contribution in [0.4, 0.5) is 13.2 Å². The van der Waals surface area contributed by atoms with Crippen LogP contribution in [-0.2, 0) is 11.3 Å². The van der Waals surface area contributed by atoms with Crippen LogP contribution in [0.5, 0.6) is 5.75 Å². The third-order valence-electron chi connectivity index (χ3n) is 3.02. The molecule has 7 heteroatoms. The molecule has 0 radical (unpaired) electrons. The Morgan fingerprint density at radius 2 is 2.20 bits per heavy atom. The molecule has 1 unspecified atom stereocenters. The normalized spacial score (nSPS) is 20.9. The lowest BCUT2D eigenvalue weighted by molar-refractivity contribution is -0.274. The maximum Gasteiger partial charge on any atom is 0.573 e. The van der Waals surface area contributed by atoms with Crippen molar-refractivity contribution in [3.8, 4) is 5.75 Å². The molecule has 1 fully saturated rings. The molecule has 2 N–H and O–H groups in total. The van der Waals surface area contributed by atoms with Crippen molar-refractivity contribution in [2.24, 2.45) is 5.73 Å². The van der Waals surface area contributed by atoms with E-state index >= 15 is 0 Å². The Labute approximate surface area is 115 Å². The van der Waals surface area contributed by atoms with E-state index in [0.29, 0.717) is 26.2 Å². The maximum atomic E-state index is 12.2. The summed E-state index contributed by atoms with van der Waals surface area (Å²) in [4.78, 5) is 2.10. The zero-order valence-electron chi connectivity index (χ0n) is 10.9. The van der Waals surface area contributed by atoms with Gasteiger partial charge in [-0.15, -0.1) is 13.2 Å². The zero-order valence-corrected chi connectivity index (χ0v) is 10.9. The number of nitrogens with zero attached hydrogens (tertiary/aromatic N) is 1. The number of nitrogens with two attached hydrogens (primary N) is 1. The molecule has 0 aromatic heterocycles. The molecular formula is C13H17F3N2O2. The Hall–Kier alpha value is -1.31. The standard InChI is InChI=1S/C13H17F3N2O2/c14-13(15,16)20-11-3-1-2-10(6-11)8-18-4-5-19-12(7-17)9-18/h1-3,6,12H,4-5,7-9,17H2. The van der Waals surface area contributed by atoms with Gasteiger partial charge in [-0.1, -0.05) is 12.1 Å². The summed E-state index contributed by atoms with van der Waals surface area (Å²) in [6.07, 6.45) is -4.68. The number of hydrogen-bond donors (Lipinski definition) is 1. The molecular weight excluding hydrogens is 273 g/mol. The minimum absolute atomic E-state index is 0.0154. The topological polar surface area (TPSA) is 47.7 Å². The van der Waals surface area contributed by atoms with Crippen LogP contribution < -0.4 is 10.5 Å². The number of halogens is 3. The van der Waals surface area contributed by atoms with E-state index < -0.39 is 6.36 Å². The third kappa shape index (κ3) is 4.66. The summed E-state index contributed by atoms with van der Waals surface area (Å²) in [6.45, 7) is 2.99. The summed E-state index contributed by atoms with van der Waals surface area (Å²) < 4.78 is 45.9. The number of rotatable bonds is 4. The van der Waals surface area contributed by atoms with Crippen molar-refractivity contribution in [1.82, 2.24) is 4.90 Å². The van der Waals surface area contributed by atoms with Gasteiger partial charge in [-0.3, -0.25) is 4.90 Å². The first-order chi connectivity index (χ1) is 9.46. The lowest BCUT2D eigenvalue weighted by Gasteiger charge is -2.32. The predicted molar refractivity (Wildman–Crippen MR) is 67.2 cm³/mol. The van der Waals surface area contributed by atoms with Gasteiger partial charge in [0.25, 0.3) is 0 Å². The van der Waals surface area contributed by atoms with Crippen molar-refractivity contribution in [3.63, 3.8) is 0 Å². The van der Waals surface area contributed by atoms with Crippen LogP contribution in [0.25, 0.3) is 0 Å². The van der Waals surface area contributed by atoms with Crippen molar-refractivity contribution in [2.45, 2.75) is 19.0 Å². The van der Waals surface area contributed by atoms with Crippen molar-refractivity contribution >= 4 is 0 Å². The molecule has 0 spiro atoms. The first-order valence-corrected chi connectivity index (χ1v) is 6.35. The maximum absolute atomic E-state index is 12.2. The van der Waals surface area contributed by atoms with Crippen LogP contribution in [0.2, 0.25) is 0 Å². The molecule has 0 aliphatic carbocycles. The van der Waals surface area contributed by atoms with Crippen molar-refractivity contribution in [1.29, 1.82) is 0 Å². The molecule has 1 aromatic rings. The zero-order chi connectivity index (χ0) is 14.6. The molecule has 1 aromatic carbocycles.